The maximum atomic E-state index is 4.13. The molecule has 58 valence electrons. The average Bonchev–Trinajstić information content (AvgIpc) is 2.71. The monoisotopic (exact) mass is 140 g/mol. The Morgan fingerprint density at radius 3 is 2.90 bits per heavy atom. The second kappa shape index (κ2) is 3.59. The van der Waals surface area contributed by atoms with Gasteiger partial charge in [0.15, 0.2) is 0 Å². The summed E-state index contributed by atoms with van der Waals surface area (Å²) in [5, 5.41) is 4.13. The number of hydrogen-bond acceptors (Lipinski definition) is 2. The highest BCUT2D eigenvalue weighted by atomic mass is 15.3. The Morgan fingerprint density at radius 2 is 2.40 bits per heavy atom. The maximum Gasteiger partial charge on any atom is 0.0441 e. The lowest BCUT2D eigenvalue weighted by atomic mass is 10.1. The molecule has 0 aromatic carbocycles. The van der Waals surface area contributed by atoms with Crippen LogP contribution in [0, 0.1) is 5.92 Å². The van der Waals surface area contributed by atoms with Crippen LogP contribution in [-0.4, -0.2) is 12.3 Å². The average molecular weight is 140 g/mol. The minimum atomic E-state index is 0.617. The molecule has 1 fully saturated rings. The molecule has 1 aliphatic carbocycles. The molecule has 0 amide bonds. The van der Waals surface area contributed by atoms with Gasteiger partial charge < -0.3 is 5.43 Å². The van der Waals surface area contributed by atoms with Crippen molar-refractivity contribution in [1.82, 2.24) is 5.43 Å². The second-order valence-corrected chi connectivity index (χ2v) is 3.07. The fourth-order valence-corrected chi connectivity index (χ4v) is 0.594. The van der Waals surface area contributed by atoms with Crippen LogP contribution >= 0.6 is 0 Å². The molecular weight excluding hydrogens is 124 g/mol. The van der Waals surface area contributed by atoms with Gasteiger partial charge in [-0.2, -0.15) is 5.10 Å². The van der Waals surface area contributed by atoms with E-state index in [0.717, 1.165) is 0 Å². The molecule has 1 unspecified atom stereocenters. The van der Waals surface area contributed by atoms with Crippen LogP contribution in [0.2, 0.25) is 0 Å². The van der Waals surface area contributed by atoms with E-state index in [-0.39, 0.29) is 0 Å². The molecular formula is C8H16N2. The van der Waals surface area contributed by atoms with Crippen LogP contribution < -0.4 is 5.43 Å². The number of hydrazone groups is 1. The van der Waals surface area contributed by atoms with Crippen LogP contribution in [-0.2, 0) is 0 Å². The third-order valence-electron chi connectivity index (χ3n) is 1.81. The van der Waals surface area contributed by atoms with Crippen LogP contribution in [0.4, 0.5) is 0 Å². The van der Waals surface area contributed by atoms with E-state index in [0.29, 0.717) is 12.0 Å². The lowest BCUT2D eigenvalue weighted by molar-refractivity contribution is 0.704. The van der Waals surface area contributed by atoms with E-state index in [1.165, 1.54) is 19.3 Å². The van der Waals surface area contributed by atoms with Crippen LogP contribution in [0.3, 0.4) is 0 Å². The molecule has 0 saturated heterocycles. The predicted octanol–water partition coefficient (Wildman–Crippen LogP) is 1.77. The second-order valence-electron chi connectivity index (χ2n) is 3.07. The Labute approximate surface area is 62.7 Å². The van der Waals surface area contributed by atoms with Crippen molar-refractivity contribution in [2.24, 2.45) is 11.0 Å². The Kier molecular flexibility index (Phi) is 2.72. The summed E-state index contributed by atoms with van der Waals surface area (Å²) in [7, 11) is 0. The summed E-state index contributed by atoms with van der Waals surface area (Å²) >= 11 is 0. The molecule has 0 bridgehead atoms. The summed E-state index contributed by atoms with van der Waals surface area (Å²) in [6.45, 7) is 4.35. The van der Waals surface area contributed by atoms with Crippen molar-refractivity contribution in [3.63, 3.8) is 0 Å². The Hall–Kier alpha value is -0.530. The van der Waals surface area contributed by atoms with Gasteiger partial charge in [-0.3, -0.25) is 0 Å². The molecule has 10 heavy (non-hydrogen) atoms. The van der Waals surface area contributed by atoms with Gasteiger partial charge in [-0.25, -0.2) is 0 Å². The number of nitrogens with one attached hydrogen (secondary N) is 1. The summed E-state index contributed by atoms with van der Waals surface area (Å²) in [6, 6.07) is 0.695. The molecule has 1 rings (SSSR count). The molecule has 0 aromatic heterocycles. The van der Waals surface area contributed by atoms with Crippen molar-refractivity contribution < 1.29 is 0 Å². The van der Waals surface area contributed by atoms with E-state index < -0.39 is 0 Å². The Morgan fingerprint density at radius 1 is 1.70 bits per heavy atom. The first-order chi connectivity index (χ1) is 4.83. The normalized spacial score (nSPS) is 21.4. The third-order valence-corrected chi connectivity index (χ3v) is 1.81. The predicted molar refractivity (Wildman–Crippen MR) is 44.1 cm³/mol. The summed E-state index contributed by atoms with van der Waals surface area (Å²) in [5.41, 5.74) is 3.09. The molecule has 1 saturated carbocycles. The molecule has 2 nitrogen and oxygen atoms in total. The molecule has 0 aromatic rings. The summed E-state index contributed by atoms with van der Waals surface area (Å²) in [6.07, 6.45) is 5.78. The molecule has 0 aliphatic heterocycles. The number of nitrogens with zero attached hydrogens (tertiary/aromatic N) is 1. The Bertz CT molecular complexity index is 116. The van der Waals surface area contributed by atoms with Gasteiger partial charge in [0.05, 0.1) is 0 Å². The van der Waals surface area contributed by atoms with E-state index in [1.807, 2.05) is 6.21 Å². The summed E-state index contributed by atoms with van der Waals surface area (Å²) in [5.74, 6) is 0.617. The van der Waals surface area contributed by atoms with Gasteiger partial charge in [0.25, 0.3) is 0 Å². The first kappa shape index (κ1) is 7.58. The van der Waals surface area contributed by atoms with Crippen molar-refractivity contribution in [2.75, 3.05) is 0 Å². The summed E-state index contributed by atoms with van der Waals surface area (Å²) in [4.78, 5) is 0. The van der Waals surface area contributed by atoms with E-state index in [2.05, 4.69) is 24.4 Å². The third kappa shape index (κ3) is 2.85. The fourth-order valence-electron chi connectivity index (χ4n) is 0.594. The lowest BCUT2D eigenvalue weighted by Crippen LogP contribution is -2.09. The van der Waals surface area contributed by atoms with E-state index in [9.17, 15) is 0 Å². The first-order valence-corrected chi connectivity index (χ1v) is 4.11. The number of rotatable bonds is 4. The van der Waals surface area contributed by atoms with E-state index in [1.54, 1.807) is 0 Å². The lowest BCUT2D eigenvalue weighted by Gasteiger charge is -1.98. The standard InChI is InChI=1S/C8H16N2/c1-3-7(2)6-9-10-8-4-5-8/h6-8,10H,3-5H2,1-2H3/b9-6+. The van der Waals surface area contributed by atoms with Gasteiger partial charge in [0.2, 0.25) is 0 Å². The minimum Gasteiger partial charge on any atom is -0.307 e. The zero-order chi connectivity index (χ0) is 7.40. The molecule has 0 radical (unpaired) electrons. The molecule has 2 heteroatoms. The molecule has 0 spiro atoms. The highest BCUT2D eigenvalue weighted by Crippen LogP contribution is 2.18. The van der Waals surface area contributed by atoms with Gasteiger partial charge in [0, 0.05) is 12.3 Å². The fraction of sp³-hybridized carbons (Fsp3) is 0.875. The zero-order valence-corrected chi connectivity index (χ0v) is 6.80. The topological polar surface area (TPSA) is 24.4 Å². The first-order valence-electron chi connectivity index (χ1n) is 4.11. The van der Waals surface area contributed by atoms with E-state index >= 15 is 0 Å². The van der Waals surface area contributed by atoms with Crippen LogP contribution in [0.25, 0.3) is 0 Å². The molecule has 1 atom stereocenters. The number of hydrogen-bond donors (Lipinski definition) is 1. The highest BCUT2D eigenvalue weighted by Gasteiger charge is 2.19. The van der Waals surface area contributed by atoms with Gasteiger partial charge >= 0.3 is 0 Å². The van der Waals surface area contributed by atoms with Crippen molar-refractivity contribution >= 4 is 6.21 Å². The quantitative estimate of drug-likeness (QED) is 0.467. The van der Waals surface area contributed by atoms with Gasteiger partial charge in [-0.1, -0.05) is 13.8 Å². The van der Waals surface area contributed by atoms with Crippen LogP contribution in [0.15, 0.2) is 5.10 Å². The smallest absolute Gasteiger partial charge is 0.0441 e. The minimum absolute atomic E-state index is 0.617. The van der Waals surface area contributed by atoms with Gasteiger partial charge in [0.1, 0.15) is 0 Å². The SMILES string of the molecule is CCC(C)/C=N/NC1CC1. The van der Waals surface area contributed by atoms with Crippen molar-refractivity contribution in [1.29, 1.82) is 0 Å². The van der Waals surface area contributed by atoms with Crippen molar-refractivity contribution in [3.8, 4) is 0 Å². The van der Waals surface area contributed by atoms with Crippen molar-refractivity contribution in [3.05, 3.63) is 0 Å². The summed E-state index contributed by atoms with van der Waals surface area (Å²) < 4.78 is 0. The zero-order valence-electron chi connectivity index (χ0n) is 6.80. The van der Waals surface area contributed by atoms with Gasteiger partial charge in [-0.05, 0) is 25.2 Å². The van der Waals surface area contributed by atoms with E-state index in [4.69, 9.17) is 0 Å². The Balaban J connectivity index is 2.02. The largest absolute Gasteiger partial charge is 0.307 e. The van der Waals surface area contributed by atoms with Crippen LogP contribution in [0.1, 0.15) is 33.1 Å². The highest BCUT2D eigenvalue weighted by molar-refractivity contribution is 5.59. The maximum absolute atomic E-state index is 4.13. The molecule has 1 aliphatic rings. The van der Waals surface area contributed by atoms with Gasteiger partial charge in [-0.15, -0.1) is 0 Å². The van der Waals surface area contributed by atoms with Crippen molar-refractivity contribution in [2.45, 2.75) is 39.2 Å². The van der Waals surface area contributed by atoms with Crippen LogP contribution in [0.5, 0.6) is 0 Å². The molecule has 1 N–H and O–H groups in total. The molecule has 0 heterocycles.